The monoisotopic (exact) mass is 161 g/mol. The number of rotatable bonds is 3. The van der Waals surface area contributed by atoms with Crippen molar-refractivity contribution in [3.05, 3.63) is 30.3 Å². The van der Waals surface area contributed by atoms with Crippen molar-refractivity contribution in [3.63, 3.8) is 0 Å². The van der Waals surface area contributed by atoms with Gasteiger partial charge in [-0.05, 0) is 19.1 Å². The van der Waals surface area contributed by atoms with Gasteiger partial charge in [0.2, 0.25) is 0 Å². The highest BCUT2D eigenvalue weighted by atomic mass is 15.3. The highest BCUT2D eigenvalue weighted by Gasteiger charge is 1.83. The highest BCUT2D eigenvalue weighted by molar-refractivity contribution is 6.27. The number of hydrazone groups is 1. The summed E-state index contributed by atoms with van der Waals surface area (Å²) in [7, 11) is 0. The molecule has 0 aliphatic rings. The van der Waals surface area contributed by atoms with Crippen LogP contribution < -0.4 is 5.43 Å². The molecule has 0 unspecified atom stereocenters. The maximum absolute atomic E-state index is 7.07. The van der Waals surface area contributed by atoms with Gasteiger partial charge in [0, 0.05) is 5.71 Å². The first-order chi connectivity index (χ1) is 5.79. The fourth-order valence-electron chi connectivity index (χ4n) is 0.716. The molecule has 0 radical (unpaired) electrons. The summed E-state index contributed by atoms with van der Waals surface area (Å²) < 4.78 is 0. The Morgan fingerprint density at radius 3 is 2.67 bits per heavy atom. The van der Waals surface area contributed by atoms with Crippen LogP contribution in [0.25, 0.3) is 0 Å². The summed E-state index contributed by atoms with van der Waals surface area (Å²) in [5.74, 6) is 0. The average Bonchev–Trinajstić information content (AvgIpc) is 2.05. The molecule has 0 aliphatic carbocycles. The third kappa shape index (κ3) is 2.96. The number of nitrogens with zero attached hydrogens (tertiary/aromatic N) is 1. The van der Waals surface area contributed by atoms with E-state index >= 15 is 0 Å². The van der Waals surface area contributed by atoms with Crippen molar-refractivity contribution in [3.8, 4) is 0 Å². The summed E-state index contributed by atoms with van der Waals surface area (Å²) in [6, 6.07) is 9.62. The van der Waals surface area contributed by atoms with Crippen LogP contribution in [0.4, 0.5) is 5.69 Å². The molecule has 0 heterocycles. The van der Waals surface area contributed by atoms with E-state index in [2.05, 4.69) is 10.5 Å². The van der Waals surface area contributed by atoms with Crippen molar-refractivity contribution >= 4 is 17.6 Å². The van der Waals surface area contributed by atoms with Crippen molar-refractivity contribution in [2.75, 3.05) is 5.43 Å². The van der Waals surface area contributed by atoms with E-state index in [0.29, 0.717) is 5.71 Å². The van der Waals surface area contributed by atoms with E-state index < -0.39 is 0 Å². The van der Waals surface area contributed by atoms with Gasteiger partial charge in [-0.25, -0.2) is 0 Å². The zero-order valence-corrected chi connectivity index (χ0v) is 6.91. The van der Waals surface area contributed by atoms with E-state index in [9.17, 15) is 0 Å². The lowest BCUT2D eigenvalue weighted by Gasteiger charge is -1.96. The van der Waals surface area contributed by atoms with Gasteiger partial charge in [-0.3, -0.25) is 5.43 Å². The number of hydrogen-bond donors (Lipinski definition) is 2. The minimum Gasteiger partial charge on any atom is -0.304 e. The lowest BCUT2D eigenvalue weighted by Crippen LogP contribution is -1.94. The molecule has 1 aromatic carbocycles. The van der Waals surface area contributed by atoms with Gasteiger partial charge >= 0.3 is 0 Å². The maximum Gasteiger partial charge on any atom is 0.0677 e. The van der Waals surface area contributed by atoms with Crippen LogP contribution in [0.3, 0.4) is 0 Å². The molecule has 2 N–H and O–H groups in total. The van der Waals surface area contributed by atoms with Gasteiger partial charge in [-0.1, -0.05) is 18.2 Å². The van der Waals surface area contributed by atoms with E-state index in [-0.39, 0.29) is 0 Å². The Morgan fingerprint density at radius 1 is 1.42 bits per heavy atom. The van der Waals surface area contributed by atoms with Crippen molar-refractivity contribution < 1.29 is 0 Å². The summed E-state index contributed by atoms with van der Waals surface area (Å²) in [5, 5.41) is 10.9. The quantitative estimate of drug-likeness (QED) is 0.517. The van der Waals surface area contributed by atoms with Crippen molar-refractivity contribution in [2.45, 2.75) is 6.92 Å². The number of anilines is 1. The van der Waals surface area contributed by atoms with Gasteiger partial charge in [0.25, 0.3) is 0 Å². The van der Waals surface area contributed by atoms with Crippen LogP contribution in [0.15, 0.2) is 35.4 Å². The Hall–Kier alpha value is -1.64. The molecule has 0 aliphatic heterocycles. The normalized spacial score (nSPS) is 10.1. The lowest BCUT2D eigenvalue weighted by atomic mass is 10.3. The summed E-state index contributed by atoms with van der Waals surface area (Å²) in [6.45, 7) is 1.68. The maximum atomic E-state index is 7.07. The standard InChI is InChI=1S/C9H11N3/c1-8(10)7-11-12-9-5-3-2-4-6-9/h2-7,10,12H,1H3/b10-8?,11-7-. The topological polar surface area (TPSA) is 48.2 Å². The molecule has 0 spiro atoms. The molecular weight excluding hydrogens is 150 g/mol. The van der Waals surface area contributed by atoms with Crippen molar-refractivity contribution in [1.82, 2.24) is 0 Å². The zero-order chi connectivity index (χ0) is 8.81. The molecule has 0 saturated heterocycles. The Morgan fingerprint density at radius 2 is 2.08 bits per heavy atom. The van der Waals surface area contributed by atoms with Crippen LogP contribution in [-0.2, 0) is 0 Å². The molecule has 12 heavy (non-hydrogen) atoms. The SMILES string of the molecule is CC(=N)/C=N\Nc1ccccc1. The summed E-state index contributed by atoms with van der Waals surface area (Å²) in [5.41, 5.74) is 4.16. The van der Waals surface area contributed by atoms with Crippen LogP contribution >= 0.6 is 0 Å². The first-order valence-electron chi connectivity index (χ1n) is 3.68. The number of hydrogen-bond acceptors (Lipinski definition) is 3. The number of nitrogens with one attached hydrogen (secondary N) is 2. The molecule has 1 rings (SSSR count). The summed E-state index contributed by atoms with van der Waals surface area (Å²) in [6.07, 6.45) is 1.47. The Labute approximate surface area is 71.6 Å². The first-order valence-corrected chi connectivity index (χ1v) is 3.68. The molecule has 0 amide bonds. The smallest absolute Gasteiger partial charge is 0.0677 e. The van der Waals surface area contributed by atoms with E-state index in [1.807, 2.05) is 30.3 Å². The molecule has 62 valence electrons. The van der Waals surface area contributed by atoms with Gasteiger partial charge in [0.05, 0.1) is 11.9 Å². The highest BCUT2D eigenvalue weighted by Crippen LogP contribution is 2.03. The van der Waals surface area contributed by atoms with Gasteiger partial charge in [-0.15, -0.1) is 0 Å². The third-order valence-corrected chi connectivity index (χ3v) is 1.23. The number of para-hydroxylation sites is 1. The predicted octanol–water partition coefficient (Wildman–Crippen LogP) is 2.12. The molecule has 0 aromatic heterocycles. The fourth-order valence-corrected chi connectivity index (χ4v) is 0.716. The minimum absolute atomic E-state index is 0.429. The second kappa shape index (κ2) is 4.28. The molecular formula is C9H11N3. The van der Waals surface area contributed by atoms with Gasteiger partial charge in [0.15, 0.2) is 0 Å². The average molecular weight is 161 g/mol. The Bertz CT molecular complexity index is 277. The molecule has 0 bridgehead atoms. The zero-order valence-electron chi connectivity index (χ0n) is 6.91. The molecule has 1 aromatic rings. The van der Waals surface area contributed by atoms with Gasteiger partial charge < -0.3 is 5.41 Å². The fraction of sp³-hybridized carbons (Fsp3) is 0.111. The largest absolute Gasteiger partial charge is 0.304 e. The minimum atomic E-state index is 0.429. The predicted molar refractivity (Wildman–Crippen MR) is 52.0 cm³/mol. The molecule has 0 fully saturated rings. The third-order valence-electron chi connectivity index (χ3n) is 1.23. The second-order valence-corrected chi connectivity index (χ2v) is 2.42. The van der Waals surface area contributed by atoms with Crippen LogP contribution in [0, 0.1) is 5.41 Å². The van der Waals surface area contributed by atoms with E-state index in [4.69, 9.17) is 5.41 Å². The second-order valence-electron chi connectivity index (χ2n) is 2.42. The lowest BCUT2D eigenvalue weighted by molar-refractivity contribution is 1.35. The van der Waals surface area contributed by atoms with E-state index in [0.717, 1.165) is 5.69 Å². The number of benzene rings is 1. The molecule has 3 nitrogen and oxygen atoms in total. The summed E-state index contributed by atoms with van der Waals surface area (Å²) in [4.78, 5) is 0. The van der Waals surface area contributed by atoms with E-state index in [1.165, 1.54) is 6.21 Å². The van der Waals surface area contributed by atoms with Crippen molar-refractivity contribution in [2.24, 2.45) is 5.10 Å². The van der Waals surface area contributed by atoms with Crippen LogP contribution in [0.2, 0.25) is 0 Å². The van der Waals surface area contributed by atoms with Gasteiger partial charge in [-0.2, -0.15) is 5.10 Å². The first kappa shape index (κ1) is 8.46. The van der Waals surface area contributed by atoms with Crippen molar-refractivity contribution in [1.29, 1.82) is 5.41 Å². The Balaban J connectivity index is 2.49. The molecule has 3 heteroatoms. The molecule has 0 atom stereocenters. The molecule has 0 saturated carbocycles. The Kier molecular flexibility index (Phi) is 3.02. The van der Waals surface area contributed by atoms with E-state index in [1.54, 1.807) is 6.92 Å². The van der Waals surface area contributed by atoms with Gasteiger partial charge in [0.1, 0.15) is 0 Å². The van der Waals surface area contributed by atoms with Crippen LogP contribution in [-0.4, -0.2) is 11.9 Å². The van der Waals surface area contributed by atoms with Crippen LogP contribution in [0.1, 0.15) is 6.92 Å². The van der Waals surface area contributed by atoms with Crippen LogP contribution in [0.5, 0.6) is 0 Å². The summed E-state index contributed by atoms with van der Waals surface area (Å²) >= 11 is 0.